The number of hydroxylamine groups is 1. The van der Waals surface area contributed by atoms with E-state index in [4.69, 9.17) is 4.84 Å². The van der Waals surface area contributed by atoms with Crippen molar-refractivity contribution in [3.63, 3.8) is 0 Å². The number of benzene rings is 1. The third kappa shape index (κ3) is 4.55. The van der Waals surface area contributed by atoms with E-state index in [1.807, 2.05) is 30.3 Å². The van der Waals surface area contributed by atoms with E-state index in [1.165, 1.54) is 0 Å². The number of urea groups is 1. The molecule has 1 aliphatic rings. The van der Waals surface area contributed by atoms with Gasteiger partial charge in [-0.2, -0.15) is 0 Å². The molecule has 1 saturated heterocycles. The average Bonchev–Trinajstić information content (AvgIpc) is 2.65. The summed E-state index contributed by atoms with van der Waals surface area (Å²) in [5.74, 6) is -0.138. The van der Waals surface area contributed by atoms with Gasteiger partial charge in [0.05, 0.1) is 6.61 Å². The number of rotatable bonds is 4. The minimum Gasteiger partial charge on any atom is -0.354 e. The second kappa shape index (κ2) is 7.49. The minimum atomic E-state index is -0.497. The molecular weight excluding hydrogens is 258 g/mol. The summed E-state index contributed by atoms with van der Waals surface area (Å²) in [4.78, 5) is 28.4. The highest BCUT2D eigenvalue weighted by Gasteiger charge is 2.22. The van der Waals surface area contributed by atoms with Crippen LogP contribution in [0.4, 0.5) is 4.79 Å². The van der Waals surface area contributed by atoms with Gasteiger partial charge in [0.25, 0.3) is 0 Å². The Morgan fingerprint density at radius 2 is 2.10 bits per heavy atom. The van der Waals surface area contributed by atoms with Crippen LogP contribution in [0.5, 0.6) is 0 Å². The summed E-state index contributed by atoms with van der Waals surface area (Å²) < 4.78 is 0. The molecule has 1 fully saturated rings. The molecule has 1 heterocycles. The van der Waals surface area contributed by atoms with Gasteiger partial charge in [-0.05, 0) is 24.8 Å². The van der Waals surface area contributed by atoms with Gasteiger partial charge in [-0.15, -0.1) is 0 Å². The first kappa shape index (κ1) is 14.3. The summed E-state index contributed by atoms with van der Waals surface area (Å²) in [5, 5.41) is 5.37. The van der Waals surface area contributed by atoms with Crippen molar-refractivity contribution in [2.24, 2.45) is 0 Å². The monoisotopic (exact) mass is 277 g/mol. The molecule has 2 rings (SSSR count). The molecule has 6 heteroatoms. The van der Waals surface area contributed by atoms with Crippen molar-refractivity contribution in [3.05, 3.63) is 35.9 Å². The van der Waals surface area contributed by atoms with Crippen molar-refractivity contribution in [1.82, 2.24) is 16.1 Å². The summed E-state index contributed by atoms with van der Waals surface area (Å²) in [6.07, 6.45) is 2.50. The molecule has 0 bridgehead atoms. The maximum atomic E-state index is 11.7. The van der Waals surface area contributed by atoms with Crippen molar-refractivity contribution >= 4 is 11.9 Å². The third-order valence-electron chi connectivity index (χ3n) is 3.09. The molecule has 1 aliphatic heterocycles. The van der Waals surface area contributed by atoms with Gasteiger partial charge in [-0.25, -0.2) is 10.3 Å². The molecule has 1 unspecified atom stereocenters. The Labute approximate surface area is 117 Å². The van der Waals surface area contributed by atoms with Gasteiger partial charge < -0.3 is 10.6 Å². The highest BCUT2D eigenvalue weighted by molar-refractivity contribution is 5.86. The van der Waals surface area contributed by atoms with Crippen LogP contribution in [0.1, 0.15) is 24.8 Å². The van der Waals surface area contributed by atoms with Gasteiger partial charge in [0.1, 0.15) is 6.04 Å². The highest BCUT2D eigenvalue weighted by Crippen LogP contribution is 2.05. The van der Waals surface area contributed by atoms with Gasteiger partial charge >= 0.3 is 6.03 Å². The normalized spacial score (nSPS) is 18.8. The van der Waals surface area contributed by atoms with E-state index in [2.05, 4.69) is 16.1 Å². The Bertz CT molecular complexity index is 450. The fourth-order valence-electron chi connectivity index (χ4n) is 2.02. The highest BCUT2D eigenvalue weighted by atomic mass is 16.7. The summed E-state index contributed by atoms with van der Waals surface area (Å²) >= 11 is 0. The largest absolute Gasteiger partial charge is 0.354 e. The van der Waals surface area contributed by atoms with Crippen LogP contribution in [0.3, 0.4) is 0 Å². The summed E-state index contributed by atoms with van der Waals surface area (Å²) in [6, 6.07) is 8.52. The van der Waals surface area contributed by atoms with Gasteiger partial charge in [-0.3, -0.25) is 9.63 Å². The lowest BCUT2D eigenvalue weighted by molar-refractivity contribution is -0.122. The maximum absolute atomic E-state index is 11.7. The van der Waals surface area contributed by atoms with Crippen molar-refractivity contribution in [3.8, 4) is 0 Å². The van der Waals surface area contributed by atoms with Gasteiger partial charge in [0, 0.05) is 6.54 Å². The fraction of sp³-hybridized carbons (Fsp3) is 0.429. The van der Waals surface area contributed by atoms with E-state index in [0.29, 0.717) is 13.0 Å². The Morgan fingerprint density at radius 1 is 1.30 bits per heavy atom. The van der Waals surface area contributed by atoms with E-state index in [-0.39, 0.29) is 12.5 Å². The van der Waals surface area contributed by atoms with E-state index in [9.17, 15) is 9.59 Å². The number of nitrogens with one attached hydrogen (secondary N) is 3. The molecule has 0 radical (unpaired) electrons. The zero-order chi connectivity index (χ0) is 14.2. The zero-order valence-corrected chi connectivity index (χ0v) is 11.2. The van der Waals surface area contributed by atoms with E-state index in [1.54, 1.807) is 0 Å². The quantitative estimate of drug-likeness (QED) is 0.721. The summed E-state index contributed by atoms with van der Waals surface area (Å²) in [5.41, 5.74) is 3.25. The summed E-state index contributed by atoms with van der Waals surface area (Å²) in [6.45, 7) is 0.953. The van der Waals surface area contributed by atoms with Crippen LogP contribution >= 0.6 is 0 Å². The van der Waals surface area contributed by atoms with Crippen molar-refractivity contribution in [1.29, 1.82) is 0 Å². The lowest BCUT2D eigenvalue weighted by Gasteiger charge is -2.15. The first-order valence-corrected chi connectivity index (χ1v) is 6.75. The molecule has 108 valence electrons. The van der Waals surface area contributed by atoms with Crippen molar-refractivity contribution in [2.45, 2.75) is 31.9 Å². The SMILES string of the molecule is O=C(NOCc1ccccc1)NC1CCCCNC1=O. The molecule has 1 atom stereocenters. The first-order chi connectivity index (χ1) is 9.75. The molecular formula is C14H19N3O3. The topological polar surface area (TPSA) is 79.5 Å². The molecule has 20 heavy (non-hydrogen) atoms. The van der Waals surface area contributed by atoms with Crippen LogP contribution in [0, 0.1) is 0 Å². The predicted octanol–water partition coefficient (Wildman–Crippen LogP) is 1.09. The Balaban J connectivity index is 1.70. The molecule has 0 aliphatic carbocycles. The number of carbonyl (C=O) groups is 2. The van der Waals surface area contributed by atoms with E-state index >= 15 is 0 Å². The molecule has 3 amide bonds. The van der Waals surface area contributed by atoms with Gasteiger partial charge in [0.2, 0.25) is 5.91 Å². The standard InChI is InChI=1S/C14H19N3O3/c18-13-12(8-4-5-9-15-13)16-14(19)17-20-10-11-6-2-1-3-7-11/h1-3,6-7,12H,4-5,8-10H2,(H,15,18)(H2,16,17,19). The Hall–Kier alpha value is -2.08. The fourth-order valence-corrected chi connectivity index (χ4v) is 2.02. The van der Waals surface area contributed by atoms with E-state index in [0.717, 1.165) is 18.4 Å². The lowest BCUT2D eigenvalue weighted by Crippen LogP contribution is -2.49. The molecule has 0 spiro atoms. The molecule has 3 N–H and O–H groups in total. The van der Waals surface area contributed by atoms with Gasteiger partial charge in [0.15, 0.2) is 0 Å². The predicted molar refractivity (Wildman–Crippen MR) is 73.5 cm³/mol. The van der Waals surface area contributed by atoms with Crippen LogP contribution in [0.25, 0.3) is 0 Å². The maximum Gasteiger partial charge on any atom is 0.339 e. The Morgan fingerprint density at radius 3 is 2.90 bits per heavy atom. The van der Waals surface area contributed by atoms with Crippen molar-refractivity contribution < 1.29 is 14.4 Å². The van der Waals surface area contributed by atoms with E-state index < -0.39 is 12.1 Å². The molecule has 0 saturated carbocycles. The smallest absolute Gasteiger partial charge is 0.339 e. The number of carbonyl (C=O) groups excluding carboxylic acids is 2. The van der Waals surface area contributed by atoms with Crippen molar-refractivity contribution in [2.75, 3.05) is 6.54 Å². The number of amides is 3. The Kier molecular flexibility index (Phi) is 5.37. The number of hydrogen-bond acceptors (Lipinski definition) is 3. The lowest BCUT2D eigenvalue weighted by atomic mass is 10.1. The number of hydrogen-bond donors (Lipinski definition) is 3. The first-order valence-electron chi connectivity index (χ1n) is 6.75. The van der Waals surface area contributed by atoms with Crippen LogP contribution in [-0.4, -0.2) is 24.5 Å². The van der Waals surface area contributed by atoms with Gasteiger partial charge in [-0.1, -0.05) is 30.3 Å². The second-order valence-corrected chi connectivity index (χ2v) is 4.69. The van der Waals surface area contributed by atoms with Crippen LogP contribution in [-0.2, 0) is 16.2 Å². The second-order valence-electron chi connectivity index (χ2n) is 4.69. The average molecular weight is 277 g/mol. The van der Waals surface area contributed by atoms with Crippen LogP contribution in [0.15, 0.2) is 30.3 Å². The van der Waals surface area contributed by atoms with Crippen LogP contribution in [0.2, 0.25) is 0 Å². The molecule has 6 nitrogen and oxygen atoms in total. The minimum absolute atomic E-state index is 0.138. The molecule has 0 aromatic heterocycles. The summed E-state index contributed by atoms with van der Waals surface area (Å²) in [7, 11) is 0. The zero-order valence-electron chi connectivity index (χ0n) is 11.2. The molecule has 1 aromatic carbocycles. The van der Waals surface area contributed by atoms with Crippen LogP contribution < -0.4 is 16.1 Å². The third-order valence-corrected chi connectivity index (χ3v) is 3.09. The molecule has 1 aromatic rings.